The lowest BCUT2D eigenvalue weighted by atomic mass is 10.3. The Bertz CT molecular complexity index is 605. The van der Waals surface area contributed by atoms with Crippen LogP contribution in [-0.2, 0) is 0 Å². The molecule has 18 heavy (non-hydrogen) atoms. The molecule has 3 N–H and O–H groups in total. The van der Waals surface area contributed by atoms with E-state index in [2.05, 4.69) is 15.3 Å². The molecule has 2 rings (SSSR count). The minimum absolute atomic E-state index is 0.203. The monoisotopic (exact) mass is 374 g/mol. The quantitative estimate of drug-likeness (QED) is 0.639. The van der Waals surface area contributed by atoms with Gasteiger partial charge in [0.2, 0.25) is 5.95 Å². The smallest absolute Gasteiger partial charge is 0.227 e. The second-order valence-electron chi connectivity index (χ2n) is 3.38. The van der Waals surface area contributed by atoms with E-state index in [0.29, 0.717) is 11.6 Å². The van der Waals surface area contributed by atoms with E-state index in [1.807, 2.05) is 22.6 Å². The molecule has 7 heteroatoms. The number of anilines is 2. The summed E-state index contributed by atoms with van der Waals surface area (Å²) >= 11 is 6.86. The summed E-state index contributed by atoms with van der Waals surface area (Å²) in [6.07, 6.45) is 1.56. The Labute approximate surface area is 122 Å². The highest BCUT2D eigenvalue weighted by atomic mass is 127. The van der Waals surface area contributed by atoms with Crippen molar-refractivity contribution in [3.8, 4) is 0 Å². The van der Waals surface area contributed by atoms with Gasteiger partial charge in [-0.25, -0.2) is 14.4 Å². The molecule has 0 aliphatic heterocycles. The van der Waals surface area contributed by atoms with Crippen molar-refractivity contribution < 1.29 is 4.39 Å². The van der Waals surface area contributed by atoms with Crippen LogP contribution in [0, 0.1) is 9.39 Å². The van der Waals surface area contributed by atoms with Crippen LogP contribution in [0.1, 0.15) is 5.69 Å². The van der Waals surface area contributed by atoms with Gasteiger partial charge in [-0.2, -0.15) is 0 Å². The van der Waals surface area contributed by atoms with Crippen molar-refractivity contribution in [2.75, 3.05) is 5.32 Å². The maximum absolute atomic E-state index is 13.0. The summed E-state index contributed by atoms with van der Waals surface area (Å²) in [5, 5.41) is 2.98. The lowest BCUT2D eigenvalue weighted by Gasteiger charge is -2.07. The minimum atomic E-state index is -0.289. The molecule has 0 bridgehead atoms. The maximum atomic E-state index is 13.0. The van der Waals surface area contributed by atoms with Crippen molar-refractivity contribution in [3.05, 3.63) is 45.5 Å². The van der Waals surface area contributed by atoms with Crippen LogP contribution in [0.25, 0.3) is 0 Å². The average Bonchev–Trinajstić information content (AvgIpc) is 2.33. The van der Waals surface area contributed by atoms with Gasteiger partial charge in [0.25, 0.3) is 0 Å². The molecule has 1 aromatic carbocycles. The summed E-state index contributed by atoms with van der Waals surface area (Å²) < 4.78 is 13.7. The van der Waals surface area contributed by atoms with E-state index in [1.165, 1.54) is 12.1 Å². The van der Waals surface area contributed by atoms with Gasteiger partial charge in [-0.15, -0.1) is 0 Å². The Morgan fingerprint density at radius 2 is 2.17 bits per heavy atom. The first-order chi connectivity index (χ1) is 8.56. The van der Waals surface area contributed by atoms with Gasteiger partial charge in [-0.3, -0.25) is 0 Å². The standard InChI is InChI=1S/C11H8FIN4S/c12-6-1-2-8(7(13)5-6)16-11-15-4-3-9(17-11)10(14)18/h1-5H,(H2,14,18)(H,15,16,17). The first-order valence-corrected chi connectivity index (χ1v) is 6.40. The third kappa shape index (κ3) is 3.10. The number of hydrogen-bond acceptors (Lipinski definition) is 4. The highest BCUT2D eigenvalue weighted by molar-refractivity contribution is 14.1. The first kappa shape index (κ1) is 13.1. The zero-order chi connectivity index (χ0) is 13.1. The van der Waals surface area contributed by atoms with Gasteiger partial charge < -0.3 is 11.1 Å². The Kier molecular flexibility index (Phi) is 4.02. The van der Waals surface area contributed by atoms with Crippen LogP contribution < -0.4 is 11.1 Å². The number of halogens is 2. The molecule has 0 spiro atoms. The molecule has 4 nitrogen and oxygen atoms in total. The molecule has 1 heterocycles. The molecule has 0 unspecified atom stereocenters. The fourth-order valence-corrected chi connectivity index (χ4v) is 1.99. The van der Waals surface area contributed by atoms with Crippen molar-refractivity contribution in [1.82, 2.24) is 9.97 Å². The molecular weight excluding hydrogens is 366 g/mol. The number of nitrogens with two attached hydrogens (primary N) is 1. The van der Waals surface area contributed by atoms with Crippen molar-refractivity contribution in [1.29, 1.82) is 0 Å². The number of nitrogens with one attached hydrogen (secondary N) is 1. The van der Waals surface area contributed by atoms with Gasteiger partial charge in [-0.1, -0.05) is 12.2 Å². The highest BCUT2D eigenvalue weighted by Gasteiger charge is 2.05. The van der Waals surface area contributed by atoms with Gasteiger partial charge in [0, 0.05) is 9.77 Å². The first-order valence-electron chi connectivity index (χ1n) is 4.91. The van der Waals surface area contributed by atoms with Gasteiger partial charge >= 0.3 is 0 Å². The summed E-state index contributed by atoms with van der Waals surface area (Å²) in [7, 11) is 0. The molecule has 0 radical (unpaired) electrons. The SMILES string of the molecule is NC(=S)c1ccnc(Nc2ccc(F)cc2I)n1. The van der Waals surface area contributed by atoms with Crippen LogP contribution >= 0.6 is 34.8 Å². The summed E-state index contributed by atoms with van der Waals surface area (Å²) in [6.45, 7) is 0. The second kappa shape index (κ2) is 5.53. The van der Waals surface area contributed by atoms with E-state index in [9.17, 15) is 4.39 Å². The fourth-order valence-electron chi connectivity index (χ4n) is 1.27. The summed E-state index contributed by atoms with van der Waals surface area (Å²) in [5.74, 6) is 0.0765. The normalized spacial score (nSPS) is 10.1. The molecule has 0 saturated heterocycles. The van der Waals surface area contributed by atoms with Gasteiger partial charge in [0.05, 0.1) is 5.69 Å². The Morgan fingerprint density at radius 1 is 1.39 bits per heavy atom. The molecule has 0 aliphatic carbocycles. The fraction of sp³-hybridized carbons (Fsp3) is 0. The largest absolute Gasteiger partial charge is 0.388 e. The number of nitrogens with zero attached hydrogens (tertiary/aromatic N) is 2. The van der Waals surface area contributed by atoms with Crippen LogP contribution in [0.2, 0.25) is 0 Å². The van der Waals surface area contributed by atoms with Crippen molar-refractivity contribution in [2.45, 2.75) is 0 Å². The number of rotatable bonds is 3. The lowest BCUT2D eigenvalue weighted by molar-refractivity contribution is 0.627. The van der Waals surface area contributed by atoms with Crippen LogP contribution in [0.15, 0.2) is 30.5 Å². The van der Waals surface area contributed by atoms with Crippen LogP contribution in [-0.4, -0.2) is 15.0 Å². The molecule has 0 atom stereocenters. The third-order valence-electron chi connectivity index (χ3n) is 2.09. The van der Waals surface area contributed by atoms with E-state index < -0.39 is 0 Å². The van der Waals surface area contributed by atoms with Gasteiger partial charge in [0.1, 0.15) is 16.5 Å². The molecule has 0 saturated carbocycles. The summed E-state index contributed by atoms with van der Waals surface area (Å²) in [6, 6.07) is 6.03. The second-order valence-corrected chi connectivity index (χ2v) is 4.98. The van der Waals surface area contributed by atoms with E-state index in [0.717, 1.165) is 9.26 Å². The number of benzene rings is 1. The number of aromatic nitrogens is 2. The molecule has 92 valence electrons. The predicted molar refractivity (Wildman–Crippen MR) is 80.3 cm³/mol. The van der Waals surface area contributed by atoms with E-state index in [-0.39, 0.29) is 10.8 Å². The third-order valence-corrected chi connectivity index (χ3v) is 3.19. The number of thiocarbonyl (C=S) groups is 1. The van der Waals surface area contributed by atoms with Crippen LogP contribution in [0.5, 0.6) is 0 Å². The zero-order valence-electron chi connectivity index (χ0n) is 9.02. The average molecular weight is 374 g/mol. The molecular formula is C11H8FIN4S. The maximum Gasteiger partial charge on any atom is 0.227 e. The summed E-state index contributed by atoms with van der Waals surface area (Å²) in [5.41, 5.74) is 6.69. The van der Waals surface area contributed by atoms with Crippen molar-refractivity contribution in [2.24, 2.45) is 5.73 Å². The van der Waals surface area contributed by atoms with Gasteiger partial charge in [-0.05, 0) is 46.9 Å². The molecule has 2 aromatic rings. The van der Waals surface area contributed by atoms with Crippen LogP contribution in [0.3, 0.4) is 0 Å². The van der Waals surface area contributed by atoms with E-state index in [1.54, 1.807) is 18.3 Å². The predicted octanol–water partition coefficient (Wildman–Crippen LogP) is 2.60. The van der Waals surface area contributed by atoms with Crippen molar-refractivity contribution in [3.63, 3.8) is 0 Å². The van der Waals surface area contributed by atoms with Crippen molar-refractivity contribution >= 4 is 51.4 Å². The summed E-state index contributed by atoms with van der Waals surface area (Å²) in [4.78, 5) is 8.39. The van der Waals surface area contributed by atoms with Crippen LogP contribution in [0.4, 0.5) is 16.0 Å². The Morgan fingerprint density at radius 3 is 2.83 bits per heavy atom. The highest BCUT2D eigenvalue weighted by Crippen LogP contribution is 2.21. The lowest BCUT2D eigenvalue weighted by Crippen LogP contribution is -2.13. The van der Waals surface area contributed by atoms with Gasteiger partial charge in [0.15, 0.2) is 0 Å². The Balaban J connectivity index is 2.28. The molecule has 0 amide bonds. The van der Waals surface area contributed by atoms with E-state index >= 15 is 0 Å². The molecule has 1 aromatic heterocycles. The topological polar surface area (TPSA) is 63.8 Å². The Hall–Kier alpha value is -1.35. The van der Waals surface area contributed by atoms with E-state index in [4.69, 9.17) is 18.0 Å². The molecule has 0 fully saturated rings. The molecule has 0 aliphatic rings. The number of hydrogen-bond donors (Lipinski definition) is 2. The zero-order valence-corrected chi connectivity index (χ0v) is 12.0. The minimum Gasteiger partial charge on any atom is -0.388 e.